The largest absolute Gasteiger partial charge is 0.326 e. The number of aryl methyl sites for hydroxylation is 1. The van der Waals surface area contributed by atoms with Crippen molar-refractivity contribution in [1.82, 2.24) is 19.7 Å². The Bertz CT molecular complexity index is 427. The second-order valence-corrected chi connectivity index (χ2v) is 6.03. The highest BCUT2D eigenvalue weighted by atomic mass is 15.4. The molecule has 106 valence electrons. The fourth-order valence-electron chi connectivity index (χ4n) is 3.33. The fraction of sp³-hybridized carbons (Fsp3) is 0.857. The zero-order valence-electron chi connectivity index (χ0n) is 11.9. The average molecular weight is 263 g/mol. The van der Waals surface area contributed by atoms with Gasteiger partial charge >= 0.3 is 0 Å². The summed E-state index contributed by atoms with van der Waals surface area (Å²) in [6.07, 6.45) is 5.70. The van der Waals surface area contributed by atoms with Gasteiger partial charge in [-0.2, -0.15) is 5.10 Å². The van der Waals surface area contributed by atoms with Gasteiger partial charge in [-0.25, -0.2) is 9.67 Å². The van der Waals surface area contributed by atoms with E-state index in [0.29, 0.717) is 0 Å². The first-order valence-electron chi connectivity index (χ1n) is 7.65. The zero-order chi connectivity index (χ0) is 13.2. The molecule has 2 aliphatic rings. The van der Waals surface area contributed by atoms with E-state index in [2.05, 4.69) is 16.9 Å². The van der Waals surface area contributed by atoms with E-state index in [1.165, 1.54) is 32.5 Å². The molecular weight excluding hydrogens is 238 g/mol. The van der Waals surface area contributed by atoms with Crippen molar-refractivity contribution in [2.75, 3.05) is 19.6 Å². The van der Waals surface area contributed by atoms with Crippen LogP contribution in [-0.4, -0.2) is 45.3 Å². The Morgan fingerprint density at radius 1 is 1.32 bits per heavy atom. The van der Waals surface area contributed by atoms with E-state index >= 15 is 0 Å². The molecule has 1 fully saturated rings. The summed E-state index contributed by atoms with van der Waals surface area (Å²) in [6.45, 7) is 6.72. The maximum absolute atomic E-state index is 5.98. The number of hydrogen-bond donors (Lipinski definition) is 1. The highest BCUT2D eigenvalue weighted by Gasteiger charge is 2.23. The maximum atomic E-state index is 5.98. The van der Waals surface area contributed by atoms with Crippen LogP contribution in [0.15, 0.2) is 0 Å². The average Bonchev–Trinajstić information content (AvgIpc) is 2.80. The first kappa shape index (κ1) is 13.1. The Morgan fingerprint density at radius 3 is 3.05 bits per heavy atom. The van der Waals surface area contributed by atoms with Crippen molar-refractivity contribution in [3.05, 3.63) is 11.6 Å². The van der Waals surface area contributed by atoms with Gasteiger partial charge in [0.1, 0.15) is 5.82 Å². The highest BCUT2D eigenvalue weighted by molar-refractivity contribution is 4.99. The van der Waals surface area contributed by atoms with E-state index in [9.17, 15) is 0 Å². The molecule has 5 heteroatoms. The van der Waals surface area contributed by atoms with Crippen LogP contribution < -0.4 is 5.73 Å². The van der Waals surface area contributed by atoms with Crippen LogP contribution in [-0.2, 0) is 19.4 Å². The molecule has 2 unspecified atom stereocenters. The predicted molar refractivity (Wildman–Crippen MR) is 74.9 cm³/mol. The quantitative estimate of drug-likeness (QED) is 0.877. The summed E-state index contributed by atoms with van der Waals surface area (Å²) >= 11 is 0. The monoisotopic (exact) mass is 263 g/mol. The molecular formula is C14H25N5. The van der Waals surface area contributed by atoms with Crippen molar-refractivity contribution < 1.29 is 0 Å². The Hall–Kier alpha value is -0.940. The molecule has 5 nitrogen and oxygen atoms in total. The van der Waals surface area contributed by atoms with Crippen LogP contribution in [0.25, 0.3) is 0 Å². The molecule has 19 heavy (non-hydrogen) atoms. The lowest BCUT2D eigenvalue weighted by molar-refractivity contribution is 0.180. The van der Waals surface area contributed by atoms with Gasteiger partial charge in [-0.15, -0.1) is 0 Å². The predicted octanol–water partition coefficient (Wildman–Crippen LogP) is 0.826. The van der Waals surface area contributed by atoms with E-state index in [1.54, 1.807) is 0 Å². The molecule has 2 atom stereocenters. The van der Waals surface area contributed by atoms with Crippen molar-refractivity contribution in [3.8, 4) is 0 Å². The zero-order valence-corrected chi connectivity index (χ0v) is 11.9. The van der Waals surface area contributed by atoms with Crippen LogP contribution in [0, 0.1) is 5.92 Å². The van der Waals surface area contributed by atoms with E-state index in [-0.39, 0.29) is 6.04 Å². The molecule has 1 aromatic heterocycles. The van der Waals surface area contributed by atoms with Crippen molar-refractivity contribution in [2.24, 2.45) is 11.7 Å². The van der Waals surface area contributed by atoms with Crippen LogP contribution in [0.2, 0.25) is 0 Å². The van der Waals surface area contributed by atoms with Crippen LogP contribution in [0.3, 0.4) is 0 Å². The minimum absolute atomic E-state index is 0.257. The standard InChI is InChI=1S/C14H25N5/c1-2-18-7-3-4-11(9-18)8-13-16-14-6-5-12(15)10-19(14)17-13/h11-12H,2-10,15H2,1H3. The van der Waals surface area contributed by atoms with Crippen LogP contribution >= 0.6 is 0 Å². The Balaban J connectivity index is 1.64. The number of fused-ring (bicyclic) bond motifs is 1. The molecule has 1 saturated heterocycles. The van der Waals surface area contributed by atoms with Gasteiger partial charge in [-0.1, -0.05) is 6.92 Å². The molecule has 2 aliphatic heterocycles. The molecule has 2 N–H and O–H groups in total. The van der Waals surface area contributed by atoms with E-state index in [0.717, 1.165) is 43.4 Å². The third-order valence-electron chi connectivity index (χ3n) is 4.46. The molecule has 1 aromatic rings. The van der Waals surface area contributed by atoms with E-state index in [1.807, 2.05) is 4.68 Å². The summed E-state index contributed by atoms with van der Waals surface area (Å²) in [4.78, 5) is 7.25. The van der Waals surface area contributed by atoms with Gasteiger partial charge in [0, 0.05) is 25.4 Å². The summed E-state index contributed by atoms with van der Waals surface area (Å²) < 4.78 is 2.03. The lowest BCUT2D eigenvalue weighted by Gasteiger charge is -2.31. The summed E-state index contributed by atoms with van der Waals surface area (Å²) in [5, 5.41) is 4.65. The fourth-order valence-corrected chi connectivity index (χ4v) is 3.33. The van der Waals surface area contributed by atoms with Gasteiger partial charge in [0.2, 0.25) is 0 Å². The maximum Gasteiger partial charge on any atom is 0.151 e. The number of nitrogens with two attached hydrogens (primary N) is 1. The first-order valence-corrected chi connectivity index (χ1v) is 7.65. The third-order valence-corrected chi connectivity index (χ3v) is 4.46. The lowest BCUT2D eigenvalue weighted by atomic mass is 9.94. The summed E-state index contributed by atoms with van der Waals surface area (Å²) in [6, 6.07) is 0.257. The number of piperidine rings is 1. The van der Waals surface area contributed by atoms with Crippen molar-refractivity contribution in [1.29, 1.82) is 0 Å². The number of hydrogen-bond acceptors (Lipinski definition) is 4. The number of rotatable bonds is 3. The second kappa shape index (κ2) is 5.59. The molecule has 0 aliphatic carbocycles. The topological polar surface area (TPSA) is 60.0 Å². The Labute approximate surface area is 115 Å². The molecule has 3 heterocycles. The second-order valence-electron chi connectivity index (χ2n) is 6.03. The van der Waals surface area contributed by atoms with Crippen LogP contribution in [0.1, 0.15) is 37.8 Å². The molecule has 0 spiro atoms. The number of nitrogens with zero attached hydrogens (tertiary/aromatic N) is 4. The molecule has 0 bridgehead atoms. The third kappa shape index (κ3) is 2.98. The molecule has 0 saturated carbocycles. The number of aromatic nitrogens is 3. The molecule has 3 rings (SSSR count). The van der Waals surface area contributed by atoms with Gasteiger partial charge in [0.15, 0.2) is 5.82 Å². The Morgan fingerprint density at radius 2 is 2.21 bits per heavy atom. The molecule has 0 radical (unpaired) electrons. The van der Waals surface area contributed by atoms with Gasteiger partial charge in [-0.3, -0.25) is 0 Å². The molecule has 0 aromatic carbocycles. The van der Waals surface area contributed by atoms with Crippen LogP contribution in [0.5, 0.6) is 0 Å². The van der Waals surface area contributed by atoms with Gasteiger partial charge in [0.25, 0.3) is 0 Å². The lowest BCUT2D eigenvalue weighted by Crippen LogP contribution is -2.36. The highest BCUT2D eigenvalue weighted by Crippen LogP contribution is 2.20. The van der Waals surface area contributed by atoms with E-state index < -0.39 is 0 Å². The van der Waals surface area contributed by atoms with Gasteiger partial charge in [-0.05, 0) is 38.3 Å². The van der Waals surface area contributed by atoms with Gasteiger partial charge in [0.05, 0.1) is 6.54 Å². The Kier molecular flexibility index (Phi) is 3.84. The first-order chi connectivity index (χ1) is 9.24. The number of likely N-dealkylation sites (tertiary alicyclic amines) is 1. The van der Waals surface area contributed by atoms with Crippen molar-refractivity contribution in [2.45, 2.75) is 51.6 Å². The van der Waals surface area contributed by atoms with Crippen molar-refractivity contribution in [3.63, 3.8) is 0 Å². The summed E-state index contributed by atoms with van der Waals surface area (Å²) in [5.74, 6) is 2.90. The van der Waals surface area contributed by atoms with Crippen LogP contribution in [0.4, 0.5) is 0 Å². The summed E-state index contributed by atoms with van der Waals surface area (Å²) in [7, 11) is 0. The normalized spacial score (nSPS) is 28.3. The van der Waals surface area contributed by atoms with E-state index in [4.69, 9.17) is 10.7 Å². The van der Waals surface area contributed by atoms with Gasteiger partial charge < -0.3 is 10.6 Å². The smallest absolute Gasteiger partial charge is 0.151 e. The summed E-state index contributed by atoms with van der Waals surface area (Å²) in [5.41, 5.74) is 5.98. The SMILES string of the molecule is CCN1CCCC(Cc2nc3n(n2)CC(N)CC3)C1. The minimum atomic E-state index is 0.257. The minimum Gasteiger partial charge on any atom is -0.326 e. The van der Waals surface area contributed by atoms with Crippen molar-refractivity contribution >= 4 is 0 Å². The molecule has 0 amide bonds.